The minimum absolute atomic E-state index is 0.0726. The number of carboxylic acid groups (broad SMARTS) is 1. The first-order valence-electron chi connectivity index (χ1n) is 6.62. The van der Waals surface area contributed by atoms with Crippen LogP contribution in [0.5, 0.6) is 0 Å². The fourth-order valence-electron chi connectivity index (χ4n) is 1.78. The van der Waals surface area contributed by atoms with E-state index in [9.17, 15) is 18.0 Å². The summed E-state index contributed by atoms with van der Waals surface area (Å²) >= 11 is 0. The number of amides is 1. The zero-order valence-corrected chi connectivity index (χ0v) is 13.8. The lowest BCUT2D eigenvalue weighted by Gasteiger charge is -2.25. The Balaban J connectivity index is 3.08. The highest BCUT2D eigenvalue weighted by Gasteiger charge is 2.22. The molecule has 122 valence electrons. The molecule has 1 amide bonds. The van der Waals surface area contributed by atoms with E-state index in [0.717, 1.165) is 4.31 Å². The van der Waals surface area contributed by atoms with Crippen molar-refractivity contribution in [3.63, 3.8) is 0 Å². The van der Waals surface area contributed by atoms with E-state index < -0.39 is 28.4 Å². The molecule has 0 saturated carbocycles. The summed E-state index contributed by atoms with van der Waals surface area (Å²) in [6, 6.07) is 5.16. The Morgan fingerprint density at radius 2 is 1.64 bits per heavy atom. The molecule has 0 aromatic heterocycles. The molecule has 0 heterocycles. The Hall–Kier alpha value is -1.93. The van der Waals surface area contributed by atoms with Gasteiger partial charge < -0.3 is 10.0 Å². The van der Waals surface area contributed by atoms with Crippen LogP contribution in [0, 0.1) is 0 Å². The van der Waals surface area contributed by atoms with Gasteiger partial charge in [0.2, 0.25) is 10.0 Å². The fourth-order valence-corrected chi connectivity index (χ4v) is 2.68. The fraction of sp³-hybridized carbons (Fsp3) is 0.429. The number of rotatable bonds is 6. The van der Waals surface area contributed by atoms with Gasteiger partial charge in [0, 0.05) is 25.7 Å². The molecule has 0 aliphatic heterocycles. The molecule has 1 aromatic rings. The molecule has 0 fully saturated rings. The molecule has 7 nitrogen and oxygen atoms in total. The first kappa shape index (κ1) is 18.1. The zero-order chi connectivity index (χ0) is 17.1. The van der Waals surface area contributed by atoms with Crippen molar-refractivity contribution in [2.45, 2.75) is 24.8 Å². The minimum Gasteiger partial charge on any atom is -0.480 e. The Morgan fingerprint density at radius 1 is 1.14 bits per heavy atom. The summed E-state index contributed by atoms with van der Waals surface area (Å²) in [5.74, 6) is -1.56. The van der Waals surface area contributed by atoms with Gasteiger partial charge in [0.15, 0.2) is 0 Å². The molecular formula is C14H20N2O5S. The number of aliphatic carboxylic acids is 1. The minimum atomic E-state index is -3.56. The van der Waals surface area contributed by atoms with Crippen LogP contribution in [-0.4, -0.2) is 61.3 Å². The van der Waals surface area contributed by atoms with E-state index in [0.29, 0.717) is 0 Å². The molecule has 8 heteroatoms. The van der Waals surface area contributed by atoms with Crippen LogP contribution >= 0.6 is 0 Å². The van der Waals surface area contributed by atoms with E-state index in [1.165, 1.54) is 43.3 Å². The van der Waals surface area contributed by atoms with Crippen molar-refractivity contribution in [3.8, 4) is 0 Å². The van der Waals surface area contributed by atoms with Crippen molar-refractivity contribution < 1.29 is 23.1 Å². The number of carboxylic acids is 1. The third-order valence-electron chi connectivity index (χ3n) is 3.07. The van der Waals surface area contributed by atoms with Crippen molar-refractivity contribution in [3.05, 3.63) is 29.8 Å². The second-order valence-electron chi connectivity index (χ2n) is 5.23. The Kier molecular flexibility index (Phi) is 5.67. The lowest BCUT2D eigenvalue weighted by molar-refractivity contribution is -0.138. The maximum absolute atomic E-state index is 12.3. The normalized spacial score (nSPS) is 11.7. The summed E-state index contributed by atoms with van der Waals surface area (Å²) in [6.45, 7) is 3.02. The highest BCUT2D eigenvalue weighted by Crippen LogP contribution is 2.16. The SMILES string of the molecule is CC(C)N(CC(=O)O)C(=O)c1ccc(S(=O)(=O)N(C)C)cc1. The standard InChI is InChI=1S/C14H20N2O5S/c1-10(2)16(9-13(17)18)14(19)11-5-7-12(8-6-11)22(20,21)15(3)4/h5-8,10H,9H2,1-4H3,(H,17,18). The van der Waals surface area contributed by atoms with Crippen LogP contribution in [0.15, 0.2) is 29.2 Å². The molecule has 0 unspecified atom stereocenters. The van der Waals surface area contributed by atoms with E-state index in [1.54, 1.807) is 13.8 Å². The van der Waals surface area contributed by atoms with E-state index in [2.05, 4.69) is 0 Å². The molecule has 0 radical (unpaired) electrons. The number of nitrogens with zero attached hydrogens (tertiary/aromatic N) is 2. The molecule has 0 saturated heterocycles. The smallest absolute Gasteiger partial charge is 0.323 e. The maximum atomic E-state index is 12.3. The van der Waals surface area contributed by atoms with Crippen LogP contribution in [0.3, 0.4) is 0 Å². The maximum Gasteiger partial charge on any atom is 0.323 e. The van der Waals surface area contributed by atoms with Gasteiger partial charge in [-0.3, -0.25) is 9.59 Å². The number of sulfonamides is 1. The van der Waals surface area contributed by atoms with Crippen molar-refractivity contribution in [2.24, 2.45) is 0 Å². The summed E-state index contributed by atoms with van der Waals surface area (Å²) in [6.07, 6.45) is 0. The highest BCUT2D eigenvalue weighted by molar-refractivity contribution is 7.89. The van der Waals surface area contributed by atoms with Gasteiger partial charge in [0.05, 0.1) is 4.90 Å². The first-order valence-corrected chi connectivity index (χ1v) is 8.06. The molecule has 1 aromatic carbocycles. The summed E-state index contributed by atoms with van der Waals surface area (Å²) in [5, 5.41) is 8.86. The lowest BCUT2D eigenvalue weighted by atomic mass is 10.1. The summed E-state index contributed by atoms with van der Waals surface area (Å²) < 4.78 is 25.0. The highest BCUT2D eigenvalue weighted by atomic mass is 32.2. The van der Waals surface area contributed by atoms with Crippen molar-refractivity contribution in [1.82, 2.24) is 9.21 Å². The zero-order valence-electron chi connectivity index (χ0n) is 13.0. The van der Waals surface area contributed by atoms with E-state index in [1.807, 2.05) is 0 Å². The van der Waals surface area contributed by atoms with Gasteiger partial charge in [-0.1, -0.05) is 0 Å². The number of carbonyl (C=O) groups is 2. The number of benzene rings is 1. The van der Waals surface area contributed by atoms with Crippen LogP contribution in [0.25, 0.3) is 0 Å². The van der Waals surface area contributed by atoms with Gasteiger partial charge in [0.25, 0.3) is 5.91 Å². The summed E-state index contributed by atoms with van der Waals surface area (Å²) in [5.41, 5.74) is 0.243. The van der Waals surface area contributed by atoms with Crippen LogP contribution in [0.1, 0.15) is 24.2 Å². The van der Waals surface area contributed by atoms with Crippen LogP contribution in [0.2, 0.25) is 0 Å². The summed E-state index contributed by atoms with van der Waals surface area (Å²) in [7, 11) is -0.724. The second-order valence-corrected chi connectivity index (χ2v) is 7.38. The van der Waals surface area contributed by atoms with Crippen molar-refractivity contribution in [2.75, 3.05) is 20.6 Å². The first-order chi connectivity index (χ1) is 10.1. The number of carbonyl (C=O) groups excluding carboxylic acids is 1. The molecule has 0 aliphatic rings. The van der Waals surface area contributed by atoms with Gasteiger partial charge in [-0.25, -0.2) is 12.7 Å². The third kappa shape index (κ3) is 4.05. The second kappa shape index (κ2) is 6.89. The molecule has 22 heavy (non-hydrogen) atoms. The molecule has 1 rings (SSSR count). The molecule has 0 bridgehead atoms. The van der Waals surface area contributed by atoms with Gasteiger partial charge in [-0.2, -0.15) is 0 Å². The average molecular weight is 328 g/mol. The number of hydrogen-bond acceptors (Lipinski definition) is 4. The monoisotopic (exact) mass is 328 g/mol. The van der Waals surface area contributed by atoms with Crippen LogP contribution < -0.4 is 0 Å². The molecule has 0 aliphatic carbocycles. The predicted octanol–water partition coefficient (Wildman–Crippen LogP) is 0.872. The van der Waals surface area contributed by atoms with Crippen molar-refractivity contribution >= 4 is 21.9 Å². The van der Waals surface area contributed by atoms with E-state index >= 15 is 0 Å². The quantitative estimate of drug-likeness (QED) is 0.836. The van der Waals surface area contributed by atoms with Crippen LogP contribution in [-0.2, 0) is 14.8 Å². The van der Waals surface area contributed by atoms with Gasteiger partial charge in [-0.15, -0.1) is 0 Å². The van der Waals surface area contributed by atoms with Gasteiger partial charge in [0.1, 0.15) is 6.54 Å². The average Bonchev–Trinajstić information content (AvgIpc) is 2.43. The predicted molar refractivity (Wildman–Crippen MR) is 81.1 cm³/mol. The molecule has 0 atom stereocenters. The Bertz CT molecular complexity index is 650. The van der Waals surface area contributed by atoms with Gasteiger partial charge in [-0.05, 0) is 38.1 Å². The number of hydrogen-bond donors (Lipinski definition) is 1. The van der Waals surface area contributed by atoms with Crippen molar-refractivity contribution in [1.29, 1.82) is 0 Å². The molecular weight excluding hydrogens is 308 g/mol. The largest absolute Gasteiger partial charge is 0.480 e. The van der Waals surface area contributed by atoms with E-state index in [-0.39, 0.29) is 16.5 Å². The Morgan fingerprint density at radius 3 is 2.00 bits per heavy atom. The molecule has 1 N–H and O–H groups in total. The molecule has 0 spiro atoms. The lowest BCUT2D eigenvalue weighted by Crippen LogP contribution is -2.40. The summed E-state index contributed by atoms with van der Waals surface area (Å²) in [4.78, 5) is 24.4. The van der Waals surface area contributed by atoms with E-state index in [4.69, 9.17) is 5.11 Å². The van der Waals surface area contributed by atoms with Crippen LogP contribution in [0.4, 0.5) is 0 Å². The third-order valence-corrected chi connectivity index (χ3v) is 4.90. The van der Waals surface area contributed by atoms with Gasteiger partial charge >= 0.3 is 5.97 Å². The Labute approximate surface area is 130 Å². The topological polar surface area (TPSA) is 95.0 Å².